The second-order valence-electron chi connectivity index (χ2n) is 6.12. The molecule has 0 saturated carbocycles. The van der Waals surface area contributed by atoms with E-state index >= 15 is 0 Å². The highest BCUT2D eigenvalue weighted by Gasteiger charge is 2.19. The monoisotopic (exact) mass is 342 g/mol. The Hall–Kier alpha value is -2.70. The summed E-state index contributed by atoms with van der Waals surface area (Å²) in [6, 6.07) is 5.01. The minimum absolute atomic E-state index is 0.201. The Balaban J connectivity index is 1.79. The molecule has 1 aliphatic rings. The number of hydrogen-bond acceptors (Lipinski definition) is 3. The molecule has 2 aromatic rings. The van der Waals surface area contributed by atoms with Crippen LogP contribution in [0.4, 0.5) is 4.39 Å². The molecule has 3 rings (SSSR count). The summed E-state index contributed by atoms with van der Waals surface area (Å²) < 4.78 is 15.5. The van der Waals surface area contributed by atoms with Gasteiger partial charge in [-0.05, 0) is 36.6 Å². The number of guanidine groups is 1. The maximum Gasteiger partial charge on any atom is 0.194 e. The SMILES string of the molecule is C=CCNC(=NCc1nnc(C)n1C)N1CCc2ccc(F)cc2C1. The average Bonchev–Trinajstić information content (AvgIpc) is 2.93. The van der Waals surface area contributed by atoms with Gasteiger partial charge in [-0.1, -0.05) is 12.1 Å². The zero-order valence-corrected chi connectivity index (χ0v) is 14.7. The average molecular weight is 342 g/mol. The van der Waals surface area contributed by atoms with E-state index in [1.54, 1.807) is 12.1 Å². The van der Waals surface area contributed by atoms with Crippen LogP contribution in [-0.2, 0) is 26.6 Å². The fourth-order valence-corrected chi connectivity index (χ4v) is 2.87. The lowest BCUT2D eigenvalue weighted by atomic mass is 10.00. The number of benzene rings is 1. The molecule has 1 N–H and O–H groups in total. The first kappa shape index (κ1) is 17.1. The second kappa shape index (κ2) is 7.46. The van der Waals surface area contributed by atoms with Gasteiger partial charge in [-0.25, -0.2) is 9.38 Å². The number of nitrogens with zero attached hydrogens (tertiary/aromatic N) is 5. The molecule has 7 heteroatoms. The minimum atomic E-state index is -0.201. The summed E-state index contributed by atoms with van der Waals surface area (Å²) in [5.74, 6) is 2.23. The highest BCUT2D eigenvalue weighted by atomic mass is 19.1. The van der Waals surface area contributed by atoms with Crippen molar-refractivity contribution in [1.82, 2.24) is 25.0 Å². The first-order valence-corrected chi connectivity index (χ1v) is 8.35. The number of aliphatic imine (C=N–C) groups is 1. The van der Waals surface area contributed by atoms with Crippen LogP contribution in [0.5, 0.6) is 0 Å². The van der Waals surface area contributed by atoms with Crippen molar-refractivity contribution < 1.29 is 4.39 Å². The number of hydrogen-bond donors (Lipinski definition) is 1. The Morgan fingerprint density at radius 1 is 1.40 bits per heavy atom. The van der Waals surface area contributed by atoms with Gasteiger partial charge in [0.1, 0.15) is 18.2 Å². The number of aryl methyl sites for hydroxylation is 1. The van der Waals surface area contributed by atoms with Gasteiger partial charge in [0, 0.05) is 26.7 Å². The Kier molecular flexibility index (Phi) is 5.11. The summed E-state index contributed by atoms with van der Waals surface area (Å²) >= 11 is 0. The van der Waals surface area contributed by atoms with E-state index in [2.05, 4.69) is 27.0 Å². The normalized spacial score (nSPS) is 14.4. The van der Waals surface area contributed by atoms with Gasteiger partial charge in [0.25, 0.3) is 0 Å². The number of halogens is 1. The highest BCUT2D eigenvalue weighted by molar-refractivity contribution is 5.80. The van der Waals surface area contributed by atoms with Crippen LogP contribution < -0.4 is 5.32 Å². The number of fused-ring (bicyclic) bond motifs is 1. The molecule has 0 atom stereocenters. The van der Waals surface area contributed by atoms with Crippen molar-refractivity contribution in [2.45, 2.75) is 26.4 Å². The molecule has 0 bridgehead atoms. The second-order valence-corrected chi connectivity index (χ2v) is 6.12. The quantitative estimate of drug-likeness (QED) is 0.524. The molecule has 0 amide bonds. The van der Waals surface area contributed by atoms with Gasteiger partial charge in [-0.3, -0.25) is 0 Å². The minimum Gasteiger partial charge on any atom is -0.353 e. The standard InChI is InChI=1S/C18H23FN6/c1-4-8-20-18(21-11-17-23-22-13(2)24(17)3)25-9-7-14-5-6-16(19)10-15(14)12-25/h4-6,10H,1,7-9,11-12H2,2-3H3,(H,20,21). The van der Waals surface area contributed by atoms with Crippen molar-refractivity contribution in [3.8, 4) is 0 Å². The van der Waals surface area contributed by atoms with Gasteiger partial charge in [-0.2, -0.15) is 0 Å². The molecule has 0 spiro atoms. The van der Waals surface area contributed by atoms with Crippen molar-refractivity contribution in [3.05, 3.63) is 59.4 Å². The van der Waals surface area contributed by atoms with E-state index in [0.717, 1.165) is 36.1 Å². The molecule has 2 heterocycles. The van der Waals surface area contributed by atoms with Gasteiger partial charge in [0.15, 0.2) is 11.8 Å². The zero-order valence-electron chi connectivity index (χ0n) is 14.7. The Bertz CT molecular complexity index is 795. The van der Waals surface area contributed by atoms with Crippen LogP contribution in [0, 0.1) is 12.7 Å². The largest absolute Gasteiger partial charge is 0.353 e. The van der Waals surface area contributed by atoms with Gasteiger partial charge >= 0.3 is 0 Å². The number of nitrogens with one attached hydrogen (secondary N) is 1. The lowest BCUT2D eigenvalue weighted by Crippen LogP contribution is -2.44. The smallest absolute Gasteiger partial charge is 0.194 e. The molecule has 0 radical (unpaired) electrons. The molecular formula is C18H23FN6. The predicted octanol–water partition coefficient (Wildman–Crippen LogP) is 1.95. The van der Waals surface area contributed by atoms with Crippen LogP contribution in [0.15, 0.2) is 35.8 Å². The van der Waals surface area contributed by atoms with E-state index in [9.17, 15) is 4.39 Å². The van der Waals surface area contributed by atoms with E-state index in [-0.39, 0.29) is 5.82 Å². The van der Waals surface area contributed by atoms with Crippen molar-refractivity contribution in [2.75, 3.05) is 13.1 Å². The predicted molar refractivity (Wildman–Crippen MR) is 95.6 cm³/mol. The maximum absolute atomic E-state index is 13.5. The maximum atomic E-state index is 13.5. The van der Waals surface area contributed by atoms with Crippen molar-refractivity contribution >= 4 is 5.96 Å². The van der Waals surface area contributed by atoms with Crippen molar-refractivity contribution in [3.63, 3.8) is 0 Å². The summed E-state index contributed by atoms with van der Waals surface area (Å²) in [5, 5.41) is 11.5. The summed E-state index contributed by atoms with van der Waals surface area (Å²) in [6.07, 6.45) is 2.66. The fraction of sp³-hybridized carbons (Fsp3) is 0.389. The van der Waals surface area contributed by atoms with E-state index < -0.39 is 0 Å². The summed E-state index contributed by atoms with van der Waals surface area (Å²) in [5.41, 5.74) is 2.21. The van der Waals surface area contributed by atoms with Gasteiger partial charge < -0.3 is 14.8 Å². The molecule has 0 unspecified atom stereocenters. The molecule has 0 aliphatic carbocycles. The molecule has 25 heavy (non-hydrogen) atoms. The van der Waals surface area contributed by atoms with E-state index in [0.29, 0.717) is 19.6 Å². The number of rotatable bonds is 4. The Morgan fingerprint density at radius 2 is 2.24 bits per heavy atom. The van der Waals surface area contributed by atoms with E-state index in [1.165, 1.54) is 11.6 Å². The van der Waals surface area contributed by atoms with Crippen molar-refractivity contribution in [1.29, 1.82) is 0 Å². The summed E-state index contributed by atoms with van der Waals surface area (Å²) in [7, 11) is 1.93. The lowest BCUT2D eigenvalue weighted by Gasteiger charge is -2.31. The first-order chi connectivity index (χ1) is 12.1. The lowest BCUT2D eigenvalue weighted by molar-refractivity contribution is 0.377. The zero-order chi connectivity index (χ0) is 17.8. The fourth-order valence-electron chi connectivity index (χ4n) is 2.87. The molecule has 132 valence electrons. The third-order valence-electron chi connectivity index (χ3n) is 4.44. The highest BCUT2D eigenvalue weighted by Crippen LogP contribution is 2.20. The van der Waals surface area contributed by atoms with Gasteiger partial charge in [0.05, 0.1) is 0 Å². The van der Waals surface area contributed by atoms with Gasteiger partial charge in [-0.15, -0.1) is 16.8 Å². The third kappa shape index (κ3) is 3.87. The Morgan fingerprint density at radius 3 is 2.96 bits per heavy atom. The molecule has 1 aromatic heterocycles. The van der Waals surface area contributed by atoms with Crippen LogP contribution >= 0.6 is 0 Å². The molecule has 0 saturated heterocycles. The van der Waals surface area contributed by atoms with Crippen LogP contribution in [-0.4, -0.2) is 38.7 Å². The molecule has 1 aromatic carbocycles. The van der Waals surface area contributed by atoms with Crippen LogP contribution in [0.3, 0.4) is 0 Å². The topological polar surface area (TPSA) is 58.3 Å². The number of aromatic nitrogens is 3. The van der Waals surface area contributed by atoms with Crippen LogP contribution in [0.25, 0.3) is 0 Å². The molecule has 0 fully saturated rings. The first-order valence-electron chi connectivity index (χ1n) is 8.35. The molecule has 6 nitrogen and oxygen atoms in total. The van der Waals surface area contributed by atoms with E-state index in [4.69, 9.17) is 4.99 Å². The van der Waals surface area contributed by atoms with Crippen molar-refractivity contribution in [2.24, 2.45) is 12.0 Å². The van der Waals surface area contributed by atoms with E-state index in [1.807, 2.05) is 24.6 Å². The van der Waals surface area contributed by atoms with Crippen LogP contribution in [0.2, 0.25) is 0 Å². The van der Waals surface area contributed by atoms with Crippen LogP contribution in [0.1, 0.15) is 22.8 Å². The molecular weight excluding hydrogens is 319 g/mol. The third-order valence-corrected chi connectivity index (χ3v) is 4.44. The molecule has 1 aliphatic heterocycles. The van der Waals surface area contributed by atoms with Gasteiger partial charge in [0.2, 0.25) is 0 Å². The summed E-state index contributed by atoms with van der Waals surface area (Å²) in [4.78, 5) is 6.82. The summed E-state index contributed by atoms with van der Waals surface area (Å²) in [6.45, 7) is 8.17. The Labute approximate surface area is 147 Å².